The number of nitrogens with zero attached hydrogens (tertiary/aromatic N) is 13. The molecule has 1 atom stereocenters. The molecule has 0 radical (unpaired) electrons. The fraction of sp³-hybridized carbons (Fsp3) is 0.570. The highest BCUT2D eigenvalue weighted by Crippen LogP contribution is 2.26. The van der Waals surface area contributed by atoms with E-state index in [2.05, 4.69) is 397 Å². The van der Waals surface area contributed by atoms with Crippen LogP contribution in [-0.2, 0) is 0 Å². The molecule has 0 aliphatic carbocycles. The lowest BCUT2D eigenvalue weighted by atomic mass is 9.99. The normalized spacial score (nSPS) is 11.2. The van der Waals surface area contributed by atoms with Crippen LogP contribution in [0.4, 0.5) is 33.5 Å². The summed E-state index contributed by atoms with van der Waals surface area (Å²) in [6.07, 6.45) is 16.7. The molecule has 1 unspecified atom stereocenters. The maximum atomic E-state index is 12.9. The van der Waals surface area contributed by atoms with E-state index in [1.54, 1.807) is 38.8 Å². The zero-order valence-electron chi connectivity index (χ0n) is 91.2. The predicted octanol–water partition coefficient (Wildman–Crippen LogP) is 30.8. The van der Waals surface area contributed by atoms with Gasteiger partial charge < -0.3 is 44.7 Å². The highest BCUT2D eigenvalue weighted by molar-refractivity contribution is 5.42. The first kappa shape index (κ1) is 123. The Hall–Kier alpha value is -10.4. The average molecular weight is 1860 g/mol. The number of hydrogen-bond acceptors (Lipinski definition) is 20. The molecule has 135 heavy (non-hydrogen) atoms. The number of rotatable bonds is 34. The van der Waals surface area contributed by atoms with E-state index in [-0.39, 0.29) is 5.41 Å². The summed E-state index contributed by atoms with van der Waals surface area (Å²) in [5.74, 6) is 14.6. The van der Waals surface area contributed by atoms with Crippen molar-refractivity contribution < 1.29 is 23.3 Å². The Bertz CT molecular complexity index is 4600. The summed E-state index contributed by atoms with van der Waals surface area (Å²) < 4.78 is 34.4. The molecule has 0 bridgehead atoms. The topological polar surface area (TPSA) is 221 Å². The van der Waals surface area contributed by atoms with Crippen molar-refractivity contribution in [1.29, 1.82) is 0 Å². The van der Waals surface area contributed by atoms with Gasteiger partial charge in [0.1, 0.15) is 35.3 Å². The summed E-state index contributed by atoms with van der Waals surface area (Å²) in [5, 5.41) is 9.85. The van der Waals surface area contributed by atoms with Gasteiger partial charge in [0.2, 0.25) is 23.5 Å². The molecule has 3 N–H and O–H groups in total. The summed E-state index contributed by atoms with van der Waals surface area (Å²) in [7, 11) is 1.62. The third kappa shape index (κ3) is 55.4. The Morgan fingerprint density at radius 1 is 0.326 bits per heavy atom. The van der Waals surface area contributed by atoms with Gasteiger partial charge in [0.05, 0.1) is 50.7 Å². The quantitative estimate of drug-likeness (QED) is 0.0341. The van der Waals surface area contributed by atoms with E-state index in [1.165, 1.54) is 39.1 Å². The van der Waals surface area contributed by atoms with Crippen molar-refractivity contribution in [3.8, 4) is 23.5 Å². The number of nitrogens with one attached hydrogen (secondary N) is 3. The van der Waals surface area contributed by atoms with Gasteiger partial charge in [-0.2, -0.15) is 0 Å². The molecule has 0 fully saturated rings. The lowest BCUT2D eigenvalue weighted by Crippen LogP contribution is -2.23. The summed E-state index contributed by atoms with van der Waals surface area (Å²) in [4.78, 5) is 52.2. The van der Waals surface area contributed by atoms with Crippen LogP contribution in [-0.4, -0.2) is 127 Å². The maximum absolute atomic E-state index is 12.9. The number of anilines is 5. The number of methoxy groups -OCH3 is 1. The van der Waals surface area contributed by atoms with Crippen LogP contribution in [0.25, 0.3) is 0 Å². The van der Waals surface area contributed by atoms with Crippen molar-refractivity contribution in [3.05, 3.63) is 239 Å². The molecule has 0 spiro atoms. The lowest BCUT2D eigenvalue weighted by molar-refractivity contribution is 0.190. The summed E-state index contributed by atoms with van der Waals surface area (Å²) in [6.45, 7) is 88.1. The number of alkyl halides is 1. The number of benzene rings is 1. The highest BCUT2D eigenvalue weighted by atomic mass is 19.1. The molecule has 9 heterocycles. The molecule has 0 aliphatic heterocycles. The van der Waals surface area contributed by atoms with E-state index in [0.717, 1.165) is 103 Å². The smallest absolute Gasteiger partial charge is 0.232 e. The molecular formula is C114H183FN16O4. The van der Waals surface area contributed by atoms with E-state index in [0.29, 0.717) is 120 Å². The van der Waals surface area contributed by atoms with E-state index in [9.17, 15) is 4.39 Å². The first-order valence-corrected chi connectivity index (χ1v) is 49.9. The van der Waals surface area contributed by atoms with Gasteiger partial charge in [0.25, 0.3) is 0 Å². The minimum absolute atomic E-state index is 0.148. The lowest BCUT2D eigenvalue weighted by Gasteiger charge is -2.20. The van der Waals surface area contributed by atoms with Gasteiger partial charge in [-0.1, -0.05) is 268 Å². The average Bonchev–Trinajstić information content (AvgIpc) is 0.877. The number of ether oxygens (including phenoxy) is 4. The second kappa shape index (κ2) is 67.7. The summed E-state index contributed by atoms with van der Waals surface area (Å²) in [5.41, 5.74) is 12.8. The minimum Gasteiger partial charge on any atom is -0.481 e. The monoisotopic (exact) mass is 1860 g/mol. The Balaban J connectivity index is 0.000000751. The zero-order chi connectivity index (χ0) is 102. The molecule has 0 saturated carbocycles. The summed E-state index contributed by atoms with van der Waals surface area (Å²) in [6, 6.07) is 41.6. The molecule has 21 heteroatoms. The number of pyridine rings is 7. The molecule has 0 aliphatic rings. The van der Waals surface area contributed by atoms with Gasteiger partial charge in [0.15, 0.2) is 0 Å². The Morgan fingerprint density at radius 2 is 0.726 bits per heavy atom. The number of hydrogen-bond donors (Lipinski definition) is 3. The van der Waals surface area contributed by atoms with Crippen LogP contribution in [0, 0.1) is 23.2 Å². The molecule has 1 aromatic carbocycles. The molecule has 750 valence electrons. The molecule has 10 aromatic rings. The highest BCUT2D eigenvalue weighted by Gasteiger charge is 2.15. The van der Waals surface area contributed by atoms with E-state index < -0.39 is 6.17 Å². The molecule has 0 saturated heterocycles. The predicted molar refractivity (Wildman–Crippen MR) is 575 cm³/mol. The van der Waals surface area contributed by atoms with Gasteiger partial charge in [-0.3, -0.25) is 9.97 Å². The second-order valence-corrected chi connectivity index (χ2v) is 40.0. The van der Waals surface area contributed by atoms with E-state index in [1.807, 2.05) is 91.6 Å². The van der Waals surface area contributed by atoms with Crippen molar-refractivity contribution in [2.45, 2.75) is 347 Å². The molecule has 9 aromatic heterocycles. The maximum Gasteiger partial charge on any atom is 0.232 e. The SMILES string of the molecule is CC(C)CCOc1ccc(C(C)C)cn1.CC(C)CNc1ccc(C(C)C)cn1.CC(C)COc1cncc(C(C)C)n1.CC(C)Nc1ccc(C(C)C)cn1.CC(C)Nc1cccc(C(C)C)n1.CC(C)c1cccc(C(C)F)c1.CC(C)c1cncc(OCC(C)(C)C)n1.CCN(CC)c1ccc(C(C)C)cn1.CCN(CC)c1cccc(C(C)C)n1.COc1ccc(C(C)C)cn1. The standard InChI is InChI=1S/C13H21NO.C12H20N2O.3C12H20N2.C11H15F.C11H18N2O.2C11H18N2.C9H13NO/c1-10(2)7-8-15-13-6-5-12(9-14-13)11(3)4;1-9(2)10-6-13-7-11(14-10)15-8-12(3,4)5;1-9(2)7-13-12-6-5-11(8-14-12)10(3)4;1-5-14(6-2)12-8-7-11(9-13-12)10(3)4;1-5-14(6-2)12-9-7-8-11(13-12)10(3)4;1-8(2)10-5-4-6-11(7-10)9(3)12;1-8(2)7-14-11-6-12-5-10(13-11)9(3)4;1-8(2)10-5-6-11(12-7-10)13-9(3)4;1-8(2)10-6-5-7-11(13-10)12-9(3)4;1-7(2)8-4-5-9(11-3)10-6-8/h5-6,9-11H,7-8H2,1-4H3;6-7,9H,8H2,1-5H3;5-6,8-10H,7H2,1-4H3,(H,13,14);2*7-10H,5-6H2,1-4H3;4-9H,1-3H3;5-6,8-9H,7H2,1-4H3;2*5-9H,1-4H3,(H,12,13);4-7H,1-3H3. The molecule has 20 nitrogen and oxygen atoms in total. The van der Waals surface area contributed by atoms with Crippen LogP contribution in [0.3, 0.4) is 0 Å². The van der Waals surface area contributed by atoms with E-state index >= 15 is 0 Å². The van der Waals surface area contributed by atoms with Crippen LogP contribution in [0.15, 0.2) is 177 Å². The summed E-state index contributed by atoms with van der Waals surface area (Å²) >= 11 is 0. The van der Waals surface area contributed by atoms with Crippen molar-refractivity contribution in [1.82, 2.24) is 54.8 Å². The van der Waals surface area contributed by atoms with Crippen LogP contribution in [0.5, 0.6) is 23.5 Å². The Labute approximate surface area is 820 Å². The fourth-order valence-corrected chi connectivity index (χ4v) is 11.6. The van der Waals surface area contributed by atoms with Gasteiger partial charge in [-0.15, -0.1) is 0 Å². The van der Waals surface area contributed by atoms with Crippen molar-refractivity contribution in [2.75, 3.05) is 85.4 Å². The Kier molecular flexibility index (Phi) is 61.5. The largest absolute Gasteiger partial charge is 0.481 e. The van der Waals surface area contributed by atoms with Crippen LogP contribution in [0.2, 0.25) is 0 Å². The van der Waals surface area contributed by atoms with Crippen LogP contribution < -0.4 is 44.7 Å². The van der Waals surface area contributed by atoms with Crippen LogP contribution >= 0.6 is 0 Å². The number of halogens is 1. The van der Waals surface area contributed by atoms with Crippen molar-refractivity contribution in [2.24, 2.45) is 23.2 Å². The zero-order valence-corrected chi connectivity index (χ0v) is 91.2. The van der Waals surface area contributed by atoms with Gasteiger partial charge >= 0.3 is 0 Å². The second-order valence-electron chi connectivity index (χ2n) is 40.0. The molecule has 0 amide bonds. The van der Waals surface area contributed by atoms with Gasteiger partial charge in [-0.05, 0) is 232 Å². The van der Waals surface area contributed by atoms with Crippen molar-refractivity contribution in [3.63, 3.8) is 0 Å². The third-order valence-electron chi connectivity index (χ3n) is 20.5. The van der Waals surface area contributed by atoms with Crippen LogP contribution in [0.1, 0.15) is 397 Å². The molecule has 10 rings (SSSR count). The number of aromatic nitrogens is 11. The van der Waals surface area contributed by atoms with Gasteiger partial charge in [0, 0.05) is 112 Å². The first-order valence-electron chi connectivity index (χ1n) is 49.9. The van der Waals surface area contributed by atoms with Gasteiger partial charge in [-0.25, -0.2) is 49.2 Å². The third-order valence-corrected chi connectivity index (χ3v) is 20.5. The first-order chi connectivity index (χ1) is 63.6. The van der Waals surface area contributed by atoms with Crippen molar-refractivity contribution >= 4 is 29.1 Å². The Morgan fingerprint density at radius 3 is 1.10 bits per heavy atom. The fourth-order valence-electron chi connectivity index (χ4n) is 11.6. The minimum atomic E-state index is -0.858. The molecular weight excluding hydrogens is 1680 g/mol. The van der Waals surface area contributed by atoms with E-state index in [4.69, 9.17) is 18.9 Å².